The van der Waals surface area contributed by atoms with Gasteiger partial charge < -0.3 is 16.2 Å². The molecular formula is C10H12ClF3N2O2. The molecule has 0 aromatic heterocycles. The second kappa shape index (κ2) is 6.46. The Kier molecular flexibility index (Phi) is 5.93. The van der Waals surface area contributed by atoms with Crippen molar-refractivity contribution in [1.82, 2.24) is 5.32 Å². The van der Waals surface area contributed by atoms with Crippen LogP contribution in [0.5, 0.6) is 0 Å². The van der Waals surface area contributed by atoms with E-state index in [1.54, 1.807) is 6.07 Å². The molecule has 0 spiro atoms. The number of hydrogen-bond donors (Lipinski definition) is 3. The second-order valence-electron chi connectivity index (χ2n) is 3.35. The fraction of sp³-hybridized carbons (Fsp3) is 0.300. The molecule has 4 N–H and O–H groups in total. The number of aliphatic hydroxyl groups excluding tert-OH is 1. The Morgan fingerprint density at radius 2 is 1.94 bits per heavy atom. The fourth-order valence-corrected chi connectivity index (χ4v) is 1.10. The van der Waals surface area contributed by atoms with E-state index in [2.05, 4.69) is 0 Å². The zero-order chi connectivity index (χ0) is 13.1. The van der Waals surface area contributed by atoms with Crippen LogP contribution in [-0.4, -0.2) is 29.8 Å². The standard InChI is InChI=1S/C10H11F3N2O2.ClH/c11-10(12,13)8(16)5-15-9(17)6-3-1-2-4-7(6)14;/h1-4,8,16H,5,14H2,(H,15,17);1H. The van der Waals surface area contributed by atoms with Gasteiger partial charge in [0, 0.05) is 5.69 Å². The van der Waals surface area contributed by atoms with Gasteiger partial charge in [0.25, 0.3) is 5.91 Å². The quantitative estimate of drug-likeness (QED) is 0.733. The van der Waals surface area contributed by atoms with Gasteiger partial charge in [-0.3, -0.25) is 4.79 Å². The molecule has 4 nitrogen and oxygen atoms in total. The number of nitrogens with two attached hydrogens (primary N) is 1. The normalized spacial score (nSPS) is 12.4. The van der Waals surface area contributed by atoms with E-state index in [1.807, 2.05) is 5.32 Å². The number of nitrogen functional groups attached to an aromatic ring is 1. The van der Waals surface area contributed by atoms with Gasteiger partial charge in [-0.2, -0.15) is 13.2 Å². The van der Waals surface area contributed by atoms with Crippen LogP contribution in [0.15, 0.2) is 24.3 Å². The number of carbonyl (C=O) groups excluding carboxylic acids is 1. The van der Waals surface area contributed by atoms with Gasteiger partial charge in [-0.05, 0) is 12.1 Å². The van der Waals surface area contributed by atoms with Crippen LogP contribution >= 0.6 is 12.4 Å². The zero-order valence-electron chi connectivity index (χ0n) is 9.07. The number of para-hydroxylation sites is 1. The molecule has 0 bridgehead atoms. The number of amides is 1. The lowest BCUT2D eigenvalue weighted by molar-refractivity contribution is -0.201. The topological polar surface area (TPSA) is 75.4 Å². The Morgan fingerprint density at radius 1 is 1.39 bits per heavy atom. The summed E-state index contributed by atoms with van der Waals surface area (Å²) in [5.41, 5.74) is 5.70. The molecule has 0 fully saturated rings. The van der Waals surface area contributed by atoms with Crippen LogP contribution in [0.4, 0.5) is 18.9 Å². The number of benzene rings is 1. The van der Waals surface area contributed by atoms with E-state index in [-0.39, 0.29) is 23.7 Å². The van der Waals surface area contributed by atoms with Gasteiger partial charge in [0.15, 0.2) is 6.10 Å². The molecule has 8 heteroatoms. The van der Waals surface area contributed by atoms with Crippen LogP contribution in [0.3, 0.4) is 0 Å². The highest BCUT2D eigenvalue weighted by Gasteiger charge is 2.38. The first-order chi connectivity index (χ1) is 7.82. The van der Waals surface area contributed by atoms with E-state index in [0.29, 0.717) is 0 Å². The molecule has 102 valence electrons. The molecule has 1 unspecified atom stereocenters. The van der Waals surface area contributed by atoms with Crippen molar-refractivity contribution in [2.24, 2.45) is 0 Å². The molecule has 0 heterocycles. The van der Waals surface area contributed by atoms with Crippen LogP contribution in [-0.2, 0) is 0 Å². The average Bonchev–Trinajstić information content (AvgIpc) is 2.24. The predicted molar refractivity (Wildman–Crippen MR) is 62.5 cm³/mol. The molecule has 0 saturated heterocycles. The lowest BCUT2D eigenvalue weighted by Crippen LogP contribution is -2.40. The van der Waals surface area contributed by atoms with E-state index < -0.39 is 24.7 Å². The number of nitrogens with one attached hydrogen (secondary N) is 1. The molecule has 1 aromatic rings. The first-order valence-corrected chi connectivity index (χ1v) is 4.70. The van der Waals surface area contributed by atoms with E-state index in [0.717, 1.165) is 0 Å². The summed E-state index contributed by atoms with van der Waals surface area (Å²) in [7, 11) is 0. The number of anilines is 1. The third-order valence-corrected chi connectivity index (χ3v) is 2.04. The summed E-state index contributed by atoms with van der Waals surface area (Å²) in [6, 6.07) is 5.96. The number of carbonyl (C=O) groups is 1. The van der Waals surface area contributed by atoms with Gasteiger partial charge in [0.2, 0.25) is 0 Å². The Labute approximate surface area is 107 Å². The largest absolute Gasteiger partial charge is 0.416 e. The highest BCUT2D eigenvalue weighted by Crippen LogP contribution is 2.19. The maximum Gasteiger partial charge on any atom is 0.416 e. The zero-order valence-corrected chi connectivity index (χ0v) is 9.89. The number of hydrogen-bond acceptors (Lipinski definition) is 3. The Balaban J connectivity index is 0.00000289. The molecule has 0 saturated carbocycles. The van der Waals surface area contributed by atoms with Crippen molar-refractivity contribution in [1.29, 1.82) is 0 Å². The maximum absolute atomic E-state index is 12.0. The Bertz CT molecular complexity index is 412. The highest BCUT2D eigenvalue weighted by molar-refractivity contribution is 5.99. The molecule has 1 aromatic carbocycles. The highest BCUT2D eigenvalue weighted by atomic mass is 35.5. The van der Waals surface area contributed by atoms with Crippen LogP contribution in [0.2, 0.25) is 0 Å². The number of halogens is 4. The van der Waals surface area contributed by atoms with E-state index >= 15 is 0 Å². The Morgan fingerprint density at radius 3 is 2.44 bits per heavy atom. The second-order valence-corrected chi connectivity index (χ2v) is 3.35. The monoisotopic (exact) mass is 284 g/mol. The van der Waals surface area contributed by atoms with Crippen molar-refractivity contribution in [2.75, 3.05) is 12.3 Å². The molecule has 1 amide bonds. The van der Waals surface area contributed by atoms with Crippen molar-refractivity contribution in [3.05, 3.63) is 29.8 Å². The van der Waals surface area contributed by atoms with Gasteiger partial charge in [-0.1, -0.05) is 12.1 Å². The number of aliphatic hydroxyl groups is 1. The summed E-state index contributed by atoms with van der Waals surface area (Å²) < 4.78 is 35.9. The minimum absolute atomic E-state index is 0. The predicted octanol–water partition coefficient (Wildman–Crippen LogP) is 1.34. The lowest BCUT2D eigenvalue weighted by Gasteiger charge is -2.15. The van der Waals surface area contributed by atoms with Crippen molar-refractivity contribution in [3.8, 4) is 0 Å². The number of alkyl halides is 3. The maximum atomic E-state index is 12.0. The summed E-state index contributed by atoms with van der Waals surface area (Å²) in [6.45, 7) is -0.906. The number of rotatable bonds is 3. The van der Waals surface area contributed by atoms with Gasteiger partial charge in [-0.25, -0.2) is 0 Å². The van der Waals surface area contributed by atoms with E-state index in [9.17, 15) is 18.0 Å². The third-order valence-electron chi connectivity index (χ3n) is 2.04. The lowest BCUT2D eigenvalue weighted by atomic mass is 10.1. The van der Waals surface area contributed by atoms with Crippen LogP contribution in [0, 0.1) is 0 Å². The summed E-state index contributed by atoms with van der Waals surface area (Å²) in [4.78, 5) is 11.4. The fourth-order valence-electron chi connectivity index (χ4n) is 1.10. The Hall–Kier alpha value is -1.47. The van der Waals surface area contributed by atoms with Gasteiger partial charge in [0.05, 0.1) is 12.1 Å². The molecule has 1 atom stereocenters. The molecule has 0 aliphatic heterocycles. The van der Waals surface area contributed by atoms with Crippen LogP contribution < -0.4 is 11.1 Å². The van der Waals surface area contributed by atoms with Crippen molar-refractivity contribution < 1.29 is 23.1 Å². The van der Waals surface area contributed by atoms with Gasteiger partial charge in [0.1, 0.15) is 0 Å². The van der Waals surface area contributed by atoms with E-state index in [4.69, 9.17) is 10.8 Å². The molecule has 1 rings (SSSR count). The van der Waals surface area contributed by atoms with Gasteiger partial charge in [-0.15, -0.1) is 12.4 Å². The molecule has 0 aliphatic carbocycles. The third kappa shape index (κ3) is 4.42. The minimum Gasteiger partial charge on any atom is -0.398 e. The van der Waals surface area contributed by atoms with Crippen LogP contribution in [0.1, 0.15) is 10.4 Å². The van der Waals surface area contributed by atoms with E-state index in [1.165, 1.54) is 18.2 Å². The molecule has 0 aliphatic rings. The molecule has 18 heavy (non-hydrogen) atoms. The van der Waals surface area contributed by atoms with Crippen molar-refractivity contribution >= 4 is 24.0 Å². The summed E-state index contributed by atoms with van der Waals surface area (Å²) in [5, 5.41) is 10.6. The SMILES string of the molecule is Cl.Nc1ccccc1C(=O)NCC(O)C(F)(F)F. The first kappa shape index (κ1) is 16.5. The molecule has 0 radical (unpaired) electrons. The van der Waals surface area contributed by atoms with Crippen molar-refractivity contribution in [3.63, 3.8) is 0 Å². The van der Waals surface area contributed by atoms with Crippen LogP contribution in [0.25, 0.3) is 0 Å². The van der Waals surface area contributed by atoms with Crippen molar-refractivity contribution in [2.45, 2.75) is 12.3 Å². The first-order valence-electron chi connectivity index (χ1n) is 4.70. The smallest absolute Gasteiger partial charge is 0.398 e. The van der Waals surface area contributed by atoms with Gasteiger partial charge >= 0.3 is 6.18 Å². The minimum atomic E-state index is -4.75. The average molecular weight is 285 g/mol. The summed E-state index contributed by atoms with van der Waals surface area (Å²) in [5.74, 6) is -0.758. The summed E-state index contributed by atoms with van der Waals surface area (Å²) >= 11 is 0. The summed E-state index contributed by atoms with van der Waals surface area (Å²) in [6.07, 6.45) is -7.34. The molecular weight excluding hydrogens is 273 g/mol.